The van der Waals surface area contributed by atoms with Gasteiger partial charge in [0.2, 0.25) is 10.0 Å². The lowest BCUT2D eigenvalue weighted by molar-refractivity contribution is 0.581. The average molecular weight is 325 g/mol. The lowest BCUT2D eigenvalue weighted by atomic mass is 10.1. The van der Waals surface area contributed by atoms with Crippen LogP contribution in [0.1, 0.15) is 16.7 Å². The molecular formula is C15H17ClN2O2S. The van der Waals surface area contributed by atoms with Crippen LogP contribution >= 0.6 is 11.6 Å². The van der Waals surface area contributed by atoms with E-state index in [4.69, 9.17) is 17.3 Å². The van der Waals surface area contributed by atoms with Gasteiger partial charge in [0.15, 0.2) is 0 Å². The molecule has 0 aliphatic carbocycles. The molecule has 0 radical (unpaired) electrons. The molecule has 21 heavy (non-hydrogen) atoms. The first-order valence-electron chi connectivity index (χ1n) is 6.41. The minimum atomic E-state index is -3.63. The van der Waals surface area contributed by atoms with Crippen LogP contribution < -0.4 is 10.5 Å². The third-order valence-corrected chi connectivity index (χ3v) is 5.15. The Morgan fingerprint density at radius 2 is 1.86 bits per heavy atom. The van der Waals surface area contributed by atoms with Gasteiger partial charge in [-0.2, -0.15) is 0 Å². The number of hydrogen-bond donors (Lipinski definition) is 2. The lowest BCUT2D eigenvalue weighted by Crippen LogP contribution is -2.23. The third kappa shape index (κ3) is 3.56. The Hall–Kier alpha value is -1.56. The predicted octanol–water partition coefficient (Wildman–Crippen LogP) is 3.02. The van der Waals surface area contributed by atoms with Crippen molar-refractivity contribution in [1.82, 2.24) is 4.72 Å². The highest BCUT2D eigenvalue weighted by Gasteiger charge is 2.16. The zero-order valence-electron chi connectivity index (χ0n) is 11.9. The summed E-state index contributed by atoms with van der Waals surface area (Å²) in [5, 5.41) is 0.528. The summed E-state index contributed by atoms with van der Waals surface area (Å²) in [5.41, 5.74) is 8.75. The molecule has 0 saturated carbocycles. The van der Waals surface area contributed by atoms with Crippen molar-refractivity contribution in [2.75, 3.05) is 5.73 Å². The topological polar surface area (TPSA) is 72.2 Å². The predicted molar refractivity (Wildman–Crippen MR) is 85.8 cm³/mol. The van der Waals surface area contributed by atoms with E-state index < -0.39 is 10.0 Å². The van der Waals surface area contributed by atoms with Crippen molar-refractivity contribution in [2.24, 2.45) is 0 Å². The molecule has 0 aliphatic heterocycles. The van der Waals surface area contributed by atoms with E-state index >= 15 is 0 Å². The van der Waals surface area contributed by atoms with Crippen molar-refractivity contribution in [3.05, 3.63) is 58.1 Å². The Bertz CT molecular complexity index is 750. The molecule has 0 spiro atoms. The van der Waals surface area contributed by atoms with Crippen LogP contribution in [-0.2, 0) is 16.6 Å². The van der Waals surface area contributed by atoms with Crippen LogP contribution in [0.15, 0.2) is 41.3 Å². The maximum atomic E-state index is 12.3. The van der Waals surface area contributed by atoms with Gasteiger partial charge in [-0.05, 0) is 48.7 Å². The minimum Gasteiger partial charge on any atom is -0.398 e. The molecule has 2 aromatic rings. The van der Waals surface area contributed by atoms with Crippen LogP contribution in [0.5, 0.6) is 0 Å². The Morgan fingerprint density at radius 1 is 1.19 bits per heavy atom. The van der Waals surface area contributed by atoms with Gasteiger partial charge in [0.05, 0.1) is 4.90 Å². The second kappa shape index (κ2) is 6.05. The smallest absolute Gasteiger partial charge is 0.240 e. The number of benzene rings is 2. The molecule has 0 aliphatic rings. The second-order valence-corrected chi connectivity index (χ2v) is 7.04. The Kier molecular flexibility index (Phi) is 4.56. The van der Waals surface area contributed by atoms with Gasteiger partial charge >= 0.3 is 0 Å². The molecule has 0 amide bonds. The number of sulfonamides is 1. The SMILES string of the molecule is Cc1cc(S(=O)(=O)NCc2ccccc2Cl)cc(N)c1C. The molecule has 0 aromatic heterocycles. The second-order valence-electron chi connectivity index (χ2n) is 4.87. The summed E-state index contributed by atoms with van der Waals surface area (Å²) in [6.07, 6.45) is 0. The number of aryl methyl sites for hydroxylation is 1. The highest BCUT2D eigenvalue weighted by Crippen LogP contribution is 2.22. The van der Waals surface area contributed by atoms with E-state index in [1.54, 1.807) is 24.3 Å². The van der Waals surface area contributed by atoms with E-state index in [0.717, 1.165) is 16.7 Å². The summed E-state index contributed by atoms with van der Waals surface area (Å²) >= 11 is 6.02. The highest BCUT2D eigenvalue weighted by atomic mass is 35.5. The van der Waals surface area contributed by atoms with E-state index in [2.05, 4.69) is 4.72 Å². The molecule has 0 saturated heterocycles. The summed E-state index contributed by atoms with van der Waals surface area (Å²) in [5.74, 6) is 0. The fourth-order valence-corrected chi connectivity index (χ4v) is 3.23. The Labute approximate surface area is 130 Å². The zero-order valence-corrected chi connectivity index (χ0v) is 13.4. The zero-order chi connectivity index (χ0) is 15.6. The van der Waals surface area contributed by atoms with Crippen LogP contribution in [0.2, 0.25) is 5.02 Å². The third-order valence-electron chi connectivity index (χ3n) is 3.40. The van der Waals surface area contributed by atoms with E-state index in [1.807, 2.05) is 19.9 Å². The van der Waals surface area contributed by atoms with Gasteiger partial charge in [-0.3, -0.25) is 0 Å². The van der Waals surface area contributed by atoms with Crippen molar-refractivity contribution in [3.8, 4) is 0 Å². The first-order chi connectivity index (χ1) is 9.81. The first kappa shape index (κ1) is 15.8. The fourth-order valence-electron chi connectivity index (χ4n) is 1.91. The number of hydrogen-bond acceptors (Lipinski definition) is 3. The van der Waals surface area contributed by atoms with Crippen LogP contribution in [0, 0.1) is 13.8 Å². The van der Waals surface area contributed by atoms with E-state index in [0.29, 0.717) is 10.7 Å². The van der Waals surface area contributed by atoms with Crippen LogP contribution in [-0.4, -0.2) is 8.42 Å². The monoisotopic (exact) mass is 324 g/mol. The van der Waals surface area contributed by atoms with Crippen molar-refractivity contribution >= 4 is 27.3 Å². The van der Waals surface area contributed by atoms with Crippen molar-refractivity contribution in [2.45, 2.75) is 25.3 Å². The van der Waals surface area contributed by atoms with Gasteiger partial charge in [-0.15, -0.1) is 0 Å². The Balaban J connectivity index is 2.25. The summed E-state index contributed by atoms with van der Waals surface area (Å²) < 4.78 is 27.2. The molecule has 3 N–H and O–H groups in total. The maximum absolute atomic E-state index is 12.3. The molecule has 112 valence electrons. The van der Waals surface area contributed by atoms with Gasteiger partial charge in [0.1, 0.15) is 0 Å². The number of nitrogens with two attached hydrogens (primary N) is 1. The van der Waals surface area contributed by atoms with E-state index in [-0.39, 0.29) is 11.4 Å². The molecular weight excluding hydrogens is 308 g/mol. The fraction of sp³-hybridized carbons (Fsp3) is 0.200. The minimum absolute atomic E-state index is 0.134. The van der Waals surface area contributed by atoms with Crippen molar-refractivity contribution < 1.29 is 8.42 Å². The number of halogens is 1. The molecule has 0 atom stereocenters. The van der Waals surface area contributed by atoms with Gasteiger partial charge in [0.25, 0.3) is 0 Å². The molecule has 2 aromatic carbocycles. The van der Waals surface area contributed by atoms with Crippen molar-refractivity contribution in [1.29, 1.82) is 0 Å². The molecule has 0 bridgehead atoms. The normalized spacial score (nSPS) is 11.6. The quantitative estimate of drug-likeness (QED) is 0.849. The number of anilines is 1. The van der Waals surface area contributed by atoms with Gasteiger partial charge < -0.3 is 5.73 Å². The van der Waals surface area contributed by atoms with E-state index in [1.165, 1.54) is 6.07 Å². The molecule has 0 unspecified atom stereocenters. The van der Waals surface area contributed by atoms with E-state index in [9.17, 15) is 8.42 Å². The molecule has 2 rings (SSSR count). The maximum Gasteiger partial charge on any atom is 0.240 e. The summed E-state index contributed by atoms with van der Waals surface area (Å²) in [7, 11) is -3.63. The van der Waals surface area contributed by atoms with Gasteiger partial charge in [-0.25, -0.2) is 13.1 Å². The van der Waals surface area contributed by atoms with Crippen molar-refractivity contribution in [3.63, 3.8) is 0 Å². The summed E-state index contributed by atoms with van der Waals surface area (Å²) in [6.45, 7) is 3.83. The highest BCUT2D eigenvalue weighted by molar-refractivity contribution is 7.89. The molecule has 6 heteroatoms. The lowest BCUT2D eigenvalue weighted by Gasteiger charge is -2.11. The molecule has 0 fully saturated rings. The summed E-state index contributed by atoms with van der Waals surface area (Å²) in [4.78, 5) is 0.162. The number of nitrogen functional groups attached to an aromatic ring is 1. The standard InChI is InChI=1S/C15H17ClN2O2S/c1-10-7-13(8-15(17)11(10)2)21(19,20)18-9-12-5-3-4-6-14(12)16/h3-8,18H,9,17H2,1-2H3. The van der Waals surface area contributed by atoms with Crippen LogP contribution in [0.25, 0.3) is 0 Å². The summed E-state index contributed by atoms with van der Waals surface area (Å²) in [6, 6.07) is 10.2. The van der Waals surface area contributed by atoms with Crippen LogP contribution in [0.3, 0.4) is 0 Å². The average Bonchev–Trinajstić information content (AvgIpc) is 2.43. The number of nitrogens with one attached hydrogen (secondary N) is 1. The van der Waals surface area contributed by atoms with Crippen LogP contribution in [0.4, 0.5) is 5.69 Å². The first-order valence-corrected chi connectivity index (χ1v) is 8.27. The van der Waals surface area contributed by atoms with Gasteiger partial charge in [0, 0.05) is 17.3 Å². The molecule has 4 nitrogen and oxygen atoms in total. The number of rotatable bonds is 4. The van der Waals surface area contributed by atoms with Gasteiger partial charge in [-0.1, -0.05) is 29.8 Å². The largest absolute Gasteiger partial charge is 0.398 e. The Morgan fingerprint density at radius 3 is 2.48 bits per heavy atom. The molecule has 0 heterocycles.